The molecule has 2 aliphatic rings. The van der Waals surface area contributed by atoms with Gasteiger partial charge in [0.25, 0.3) is 11.8 Å². The highest BCUT2D eigenvalue weighted by molar-refractivity contribution is 9.10. The molecule has 400 valence electrons. The smallest absolute Gasteiger partial charge is 0.458 e. The maximum atomic E-state index is 12.9. The molecule has 4 aromatic heterocycles. The lowest BCUT2D eigenvalue weighted by Gasteiger charge is -2.27. The fourth-order valence-electron chi connectivity index (χ4n) is 8.04. The standard InChI is InChI=1S/C28H25ClN4O4.C17H13BrClN3O2.C11H14BNO4/c29-24-15-21(19-2-1-3-20(12-19)28(35)33-8-10-36-11-9-33)13-22-14-23(37-27(22)24)17-32-26(34)7-5-18-4-6-25(30)31-16-18;18-12-5-11-6-13(24-17(11)14(19)7-12)9-22-16(23)4-2-10-1-3-15(20)21-8-10;14-11(13-4-6-17-7-5-13)9-2-1-3-10(8-9)12(15)16/h1-7,12-16H,8-11,17H2,(H2,30,31)(H,32,34);1-8H,9H2,(H2,20,21)(H,22,23);1-3,8,15-16H,4-7H2/b7-5+;4-2+;. The van der Waals surface area contributed by atoms with Gasteiger partial charge in [0, 0.05) is 77.1 Å². The number of benzene rings is 4. The molecule has 8 N–H and O–H groups in total. The van der Waals surface area contributed by atoms with Gasteiger partial charge in [-0.1, -0.05) is 63.4 Å². The lowest BCUT2D eigenvalue weighted by atomic mass is 9.79. The largest absolute Gasteiger partial charge is 0.488 e. The summed E-state index contributed by atoms with van der Waals surface area (Å²) in [6.07, 6.45) is 9.35. The van der Waals surface area contributed by atoms with Crippen molar-refractivity contribution in [1.29, 1.82) is 0 Å². The fourth-order valence-corrected chi connectivity index (χ4v) is 9.17. The van der Waals surface area contributed by atoms with E-state index in [2.05, 4.69) is 36.5 Å². The van der Waals surface area contributed by atoms with E-state index in [0.29, 0.717) is 114 Å². The second-order valence-corrected chi connectivity index (χ2v) is 19.4. The molecule has 0 saturated carbocycles. The van der Waals surface area contributed by atoms with Gasteiger partial charge in [-0.25, -0.2) is 9.97 Å². The molecule has 6 heterocycles. The molecular weight excluding hydrogens is 1110 g/mol. The molecule has 0 radical (unpaired) electrons. The highest BCUT2D eigenvalue weighted by atomic mass is 79.9. The molecule has 10 rings (SSSR count). The normalized spacial score (nSPS) is 13.4. The zero-order valence-electron chi connectivity index (χ0n) is 41.7. The number of furan rings is 2. The molecule has 22 heteroatoms. The van der Waals surface area contributed by atoms with E-state index < -0.39 is 7.12 Å². The van der Waals surface area contributed by atoms with Gasteiger partial charge >= 0.3 is 7.12 Å². The Kier molecular flexibility index (Phi) is 19.5. The van der Waals surface area contributed by atoms with E-state index in [1.54, 1.807) is 82.9 Å². The maximum absolute atomic E-state index is 12.9. The van der Waals surface area contributed by atoms with Crippen LogP contribution in [0.3, 0.4) is 0 Å². The fraction of sp³-hybridized carbons (Fsp3) is 0.179. The first-order chi connectivity index (χ1) is 37.6. The summed E-state index contributed by atoms with van der Waals surface area (Å²) in [5.74, 6) is 1.43. The number of halogens is 3. The molecule has 0 bridgehead atoms. The van der Waals surface area contributed by atoms with Crippen molar-refractivity contribution in [2.24, 2.45) is 0 Å². The quantitative estimate of drug-likeness (QED) is 0.0511. The van der Waals surface area contributed by atoms with Crippen LogP contribution < -0.4 is 27.6 Å². The van der Waals surface area contributed by atoms with Gasteiger partial charge in [0.05, 0.1) is 49.6 Å². The zero-order chi connectivity index (χ0) is 55.1. The van der Waals surface area contributed by atoms with Crippen LogP contribution in [0.25, 0.3) is 45.2 Å². The summed E-state index contributed by atoms with van der Waals surface area (Å²) in [7, 11) is -1.55. The predicted octanol–water partition coefficient (Wildman–Crippen LogP) is 7.53. The van der Waals surface area contributed by atoms with Gasteiger partial charge in [-0.15, -0.1) is 0 Å². The Morgan fingerprint density at radius 3 is 1.60 bits per heavy atom. The topological polar surface area (TPSA) is 262 Å². The minimum atomic E-state index is -1.55. The highest BCUT2D eigenvalue weighted by Crippen LogP contribution is 2.34. The molecule has 4 amide bonds. The number of rotatable bonds is 12. The third-order valence-electron chi connectivity index (χ3n) is 12.0. The highest BCUT2D eigenvalue weighted by Gasteiger charge is 2.22. The van der Waals surface area contributed by atoms with E-state index in [1.165, 1.54) is 18.2 Å². The monoisotopic (exact) mass is 1160 g/mol. The number of amides is 4. The lowest BCUT2D eigenvalue weighted by Crippen LogP contribution is -2.41. The van der Waals surface area contributed by atoms with Crippen LogP contribution in [0.1, 0.15) is 43.4 Å². The molecule has 8 aromatic rings. The summed E-state index contributed by atoms with van der Waals surface area (Å²) in [5, 5.41) is 26.3. The first-order valence-corrected chi connectivity index (χ1v) is 26.0. The number of anilines is 2. The Labute approximate surface area is 466 Å². The molecule has 2 aliphatic heterocycles. The molecular formula is C56H52BBrCl2N8O10. The molecule has 18 nitrogen and oxygen atoms in total. The number of nitrogens with one attached hydrogen (secondary N) is 2. The number of nitrogens with two attached hydrogens (primary N) is 2. The van der Waals surface area contributed by atoms with Gasteiger partial charge in [-0.2, -0.15) is 0 Å². The minimum absolute atomic E-state index is 0.0135. The van der Waals surface area contributed by atoms with Gasteiger partial charge < -0.3 is 60.3 Å². The van der Waals surface area contributed by atoms with E-state index >= 15 is 0 Å². The molecule has 2 fully saturated rings. The van der Waals surface area contributed by atoms with E-state index in [9.17, 15) is 19.2 Å². The molecule has 0 spiro atoms. The summed E-state index contributed by atoms with van der Waals surface area (Å²) in [5.41, 5.74) is 16.9. The van der Waals surface area contributed by atoms with Crippen LogP contribution in [0.15, 0.2) is 147 Å². The average Bonchev–Trinajstić information content (AvgIpc) is 4.13. The van der Waals surface area contributed by atoms with Crippen molar-refractivity contribution >= 4 is 121 Å². The first kappa shape index (κ1) is 56.4. The SMILES string of the molecule is Nc1ccc(/C=C/C(=O)NCc2cc3cc(-c4cccc(C(=O)N5CCOCC5)c4)cc(Cl)c3o2)cn1.Nc1ccc(/C=C/C(=O)NCc2cc3cc(Br)cc(Cl)c3o2)cn1.O=C(c1cccc(B(O)O)c1)N1CCOCC1. The number of morpholine rings is 2. The Balaban J connectivity index is 0.000000168. The number of pyridine rings is 2. The summed E-state index contributed by atoms with van der Waals surface area (Å²) in [6.45, 7) is 5.00. The van der Waals surface area contributed by atoms with Crippen molar-refractivity contribution < 1.29 is 47.5 Å². The van der Waals surface area contributed by atoms with Crippen molar-refractivity contribution in [2.75, 3.05) is 64.1 Å². The zero-order valence-corrected chi connectivity index (χ0v) is 44.8. The first-order valence-electron chi connectivity index (χ1n) is 24.4. The molecule has 78 heavy (non-hydrogen) atoms. The van der Waals surface area contributed by atoms with Crippen molar-refractivity contribution in [3.63, 3.8) is 0 Å². The van der Waals surface area contributed by atoms with Crippen LogP contribution in [0.5, 0.6) is 0 Å². The van der Waals surface area contributed by atoms with Crippen LogP contribution in [0, 0.1) is 0 Å². The van der Waals surface area contributed by atoms with Gasteiger partial charge in [0.1, 0.15) is 23.2 Å². The van der Waals surface area contributed by atoms with Crippen LogP contribution in [-0.2, 0) is 32.2 Å². The summed E-state index contributed by atoms with van der Waals surface area (Å²) < 4.78 is 22.9. The Bertz CT molecular complexity index is 3470. The van der Waals surface area contributed by atoms with Gasteiger partial charge in [-0.05, 0) is 125 Å². The Morgan fingerprint density at radius 1 is 0.615 bits per heavy atom. The number of nitrogen functional groups attached to an aromatic ring is 2. The number of fused-ring (bicyclic) bond motifs is 2. The molecule has 0 unspecified atom stereocenters. The van der Waals surface area contributed by atoms with E-state index in [0.717, 1.165) is 37.5 Å². The van der Waals surface area contributed by atoms with Crippen LogP contribution in [0.4, 0.5) is 11.6 Å². The van der Waals surface area contributed by atoms with Crippen LogP contribution in [-0.4, -0.2) is 113 Å². The average molecular weight is 1160 g/mol. The van der Waals surface area contributed by atoms with Crippen molar-refractivity contribution in [3.8, 4) is 11.1 Å². The van der Waals surface area contributed by atoms with Crippen LogP contribution in [0.2, 0.25) is 10.0 Å². The number of hydrogen-bond acceptors (Lipinski definition) is 14. The number of carbonyl (C=O) groups is 4. The van der Waals surface area contributed by atoms with E-state index in [4.69, 9.17) is 63.0 Å². The minimum Gasteiger partial charge on any atom is -0.458 e. The van der Waals surface area contributed by atoms with Gasteiger partial charge in [0.2, 0.25) is 11.8 Å². The van der Waals surface area contributed by atoms with Crippen LogP contribution >= 0.6 is 39.1 Å². The lowest BCUT2D eigenvalue weighted by molar-refractivity contribution is -0.117. The van der Waals surface area contributed by atoms with E-state index in [1.807, 2.05) is 54.6 Å². The van der Waals surface area contributed by atoms with Gasteiger partial charge in [-0.3, -0.25) is 19.2 Å². The van der Waals surface area contributed by atoms with Crippen molar-refractivity contribution in [3.05, 3.63) is 182 Å². The molecule has 0 atom stereocenters. The van der Waals surface area contributed by atoms with Gasteiger partial charge in [0.15, 0.2) is 11.2 Å². The molecule has 2 saturated heterocycles. The second kappa shape index (κ2) is 27.0. The maximum Gasteiger partial charge on any atom is 0.488 e. The van der Waals surface area contributed by atoms with Crippen molar-refractivity contribution in [2.45, 2.75) is 13.1 Å². The Morgan fingerprint density at radius 2 is 1.10 bits per heavy atom. The number of aromatic nitrogens is 2. The number of ether oxygens (including phenoxy) is 2. The number of nitrogens with zero attached hydrogens (tertiary/aromatic N) is 4. The third-order valence-corrected chi connectivity index (χ3v) is 13.0. The summed E-state index contributed by atoms with van der Waals surface area (Å²) in [6, 6.07) is 31.9. The third kappa shape index (κ3) is 15.7. The Hall–Kier alpha value is -7.82. The predicted molar refractivity (Wildman–Crippen MR) is 304 cm³/mol. The van der Waals surface area contributed by atoms with Crippen molar-refractivity contribution in [1.82, 2.24) is 30.4 Å². The summed E-state index contributed by atoms with van der Waals surface area (Å²) >= 11 is 16.1. The summed E-state index contributed by atoms with van der Waals surface area (Å²) in [4.78, 5) is 60.6. The second-order valence-electron chi connectivity index (χ2n) is 17.6. The number of carbonyl (C=O) groups excluding carboxylic acids is 4. The molecule has 0 aliphatic carbocycles. The number of hydrogen-bond donors (Lipinski definition) is 6. The van der Waals surface area contributed by atoms with E-state index in [-0.39, 0.29) is 36.7 Å². The molecule has 4 aromatic carbocycles.